The summed E-state index contributed by atoms with van der Waals surface area (Å²) in [6, 6.07) is 4.55. The van der Waals surface area contributed by atoms with Crippen molar-refractivity contribution in [1.82, 2.24) is 4.98 Å². The quantitative estimate of drug-likeness (QED) is 0.601. The van der Waals surface area contributed by atoms with E-state index in [1.54, 1.807) is 25.4 Å². The molecule has 0 fully saturated rings. The Hall–Kier alpha value is -0.890. The smallest absolute Gasteiger partial charge is 0.0769 e. The number of nitrogens with zero attached hydrogens (tertiary/aromatic N) is 1. The third kappa shape index (κ3) is 1.50. The lowest BCUT2D eigenvalue weighted by Crippen LogP contribution is -1.89. The van der Waals surface area contributed by atoms with Crippen molar-refractivity contribution in [2.24, 2.45) is 0 Å². The summed E-state index contributed by atoms with van der Waals surface area (Å²) in [6.45, 7) is 1.70. The van der Waals surface area contributed by atoms with Crippen molar-refractivity contribution in [3.8, 4) is 0 Å². The number of aliphatic hydroxyl groups excluding tert-OH is 1. The van der Waals surface area contributed by atoms with Gasteiger partial charge in [0.15, 0.2) is 0 Å². The monoisotopic (exact) mass is 122 g/mol. The van der Waals surface area contributed by atoms with Crippen LogP contribution in [-0.4, -0.2) is 10.1 Å². The molecule has 1 atom stereocenters. The number of hydrogen-bond donors (Lipinski definition) is 1. The number of aliphatic hydroxyl groups is 1. The van der Waals surface area contributed by atoms with Gasteiger partial charge in [0.2, 0.25) is 0 Å². The highest BCUT2D eigenvalue weighted by Gasteiger charge is 1.96. The third-order valence-electron chi connectivity index (χ3n) is 1.10. The molecule has 1 rings (SSSR count). The summed E-state index contributed by atoms with van der Waals surface area (Å²) in [7, 11) is 0. The summed E-state index contributed by atoms with van der Waals surface area (Å²) in [5.41, 5.74) is 0.782. The Balaban J connectivity index is 2.85. The molecule has 0 aliphatic carbocycles. The van der Waals surface area contributed by atoms with Gasteiger partial charge in [-0.15, -0.1) is 0 Å². The Morgan fingerprint density at radius 3 is 2.89 bits per heavy atom. The fourth-order valence-electron chi connectivity index (χ4n) is 0.586. The topological polar surface area (TPSA) is 33.1 Å². The first-order chi connectivity index (χ1) is 4.30. The Morgan fingerprint density at radius 1 is 1.78 bits per heavy atom. The summed E-state index contributed by atoms with van der Waals surface area (Å²) >= 11 is 0. The van der Waals surface area contributed by atoms with Crippen LogP contribution in [0, 0.1) is 6.07 Å². The van der Waals surface area contributed by atoms with Crippen molar-refractivity contribution in [3.63, 3.8) is 0 Å². The van der Waals surface area contributed by atoms with Crippen LogP contribution < -0.4 is 0 Å². The van der Waals surface area contributed by atoms with Gasteiger partial charge in [-0.25, -0.2) is 0 Å². The van der Waals surface area contributed by atoms with E-state index in [1.807, 2.05) is 0 Å². The van der Waals surface area contributed by atoms with Gasteiger partial charge in [0, 0.05) is 18.5 Å². The standard InChI is InChI=1S/C7H8NO/c1-6(9)7-2-4-8-5-3-7/h2,4-6,9H,1H3. The minimum atomic E-state index is -0.437. The molecule has 0 aromatic carbocycles. The molecule has 2 heteroatoms. The zero-order valence-corrected chi connectivity index (χ0v) is 5.20. The molecule has 1 aromatic heterocycles. The van der Waals surface area contributed by atoms with Gasteiger partial charge in [0.25, 0.3) is 0 Å². The predicted octanol–water partition coefficient (Wildman–Crippen LogP) is 0.935. The molecular formula is C7H8NO. The molecule has 0 saturated heterocycles. The maximum Gasteiger partial charge on any atom is 0.0769 e. The molecule has 1 unspecified atom stereocenters. The molecule has 0 spiro atoms. The zero-order valence-electron chi connectivity index (χ0n) is 5.20. The minimum Gasteiger partial charge on any atom is -0.389 e. The van der Waals surface area contributed by atoms with E-state index in [0.717, 1.165) is 5.56 Å². The van der Waals surface area contributed by atoms with E-state index in [0.29, 0.717) is 0 Å². The largest absolute Gasteiger partial charge is 0.389 e. The summed E-state index contributed by atoms with van der Waals surface area (Å²) < 4.78 is 0. The molecule has 0 aliphatic heterocycles. The van der Waals surface area contributed by atoms with Crippen molar-refractivity contribution < 1.29 is 5.11 Å². The van der Waals surface area contributed by atoms with Crippen LogP contribution in [0.5, 0.6) is 0 Å². The molecule has 0 amide bonds. The molecule has 47 valence electrons. The van der Waals surface area contributed by atoms with Gasteiger partial charge in [-0.05, 0) is 18.6 Å². The second-order valence-electron chi connectivity index (χ2n) is 1.87. The highest BCUT2D eigenvalue weighted by atomic mass is 16.3. The van der Waals surface area contributed by atoms with Gasteiger partial charge in [-0.2, -0.15) is 0 Å². The van der Waals surface area contributed by atoms with Crippen molar-refractivity contribution in [2.75, 3.05) is 0 Å². The number of pyridine rings is 1. The Morgan fingerprint density at radius 2 is 2.56 bits per heavy atom. The van der Waals surface area contributed by atoms with Gasteiger partial charge >= 0.3 is 0 Å². The Labute approximate surface area is 54.2 Å². The highest BCUT2D eigenvalue weighted by molar-refractivity contribution is 5.09. The average molecular weight is 122 g/mol. The van der Waals surface area contributed by atoms with Crippen LogP contribution in [0.1, 0.15) is 18.6 Å². The van der Waals surface area contributed by atoms with Crippen LogP contribution in [0.15, 0.2) is 18.5 Å². The molecule has 1 radical (unpaired) electrons. The SMILES string of the molecule is CC(O)c1[c]cncc1. The fourth-order valence-corrected chi connectivity index (χ4v) is 0.586. The molecule has 0 saturated carbocycles. The summed E-state index contributed by atoms with van der Waals surface area (Å²) in [6.07, 6.45) is 2.74. The van der Waals surface area contributed by atoms with E-state index < -0.39 is 6.10 Å². The van der Waals surface area contributed by atoms with Gasteiger partial charge in [-0.3, -0.25) is 4.98 Å². The van der Waals surface area contributed by atoms with Crippen LogP contribution in [0.4, 0.5) is 0 Å². The van der Waals surface area contributed by atoms with E-state index >= 15 is 0 Å². The van der Waals surface area contributed by atoms with E-state index in [-0.39, 0.29) is 0 Å². The Kier molecular flexibility index (Phi) is 1.80. The minimum absolute atomic E-state index is 0.437. The van der Waals surface area contributed by atoms with Crippen LogP contribution in [0.3, 0.4) is 0 Å². The molecule has 1 N–H and O–H groups in total. The van der Waals surface area contributed by atoms with Crippen LogP contribution >= 0.6 is 0 Å². The molecule has 9 heavy (non-hydrogen) atoms. The van der Waals surface area contributed by atoms with E-state index in [9.17, 15) is 0 Å². The third-order valence-corrected chi connectivity index (χ3v) is 1.10. The summed E-state index contributed by atoms with van der Waals surface area (Å²) in [5, 5.41) is 8.96. The van der Waals surface area contributed by atoms with Gasteiger partial charge < -0.3 is 5.11 Å². The predicted molar refractivity (Wildman–Crippen MR) is 33.7 cm³/mol. The molecule has 0 aliphatic rings. The molecular weight excluding hydrogens is 114 g/mol. The zero-order chi connectivity index (χ0) is 6.69. The molecule has 1 aromatic rings. The second-order valence-corrected chi connectivity index (χ2v) is 1.87. The Bertz CT molecular complexity index is 172. The van der Waals surface area contributed by atoms with Gasteiger partial charge in [-0.1, -0.05) is 0 Å². The molecule has 2 nitrogen and oxygen atoms in total. The van der Waals surface area contributed by atoms with Gasteiger partial charge in [0.1, 0.15) is 0 Å². The summed E-state index contributed by atoms with van der Waals surface area (Å²) in [5.74, 6) is 0. The van der Waals surface area contributed by atoms with Crippen molar-refractivity contribution >= 4 is 0 Å². The first kappa shape index (κ1) is 6.23. The maximum atomic E-state index is 8.96. The number of rotatable bonds is 1. The van der Waals surface area contributed by atoms with Crippen molar-refractivity contribution in [3.05, 3.63) is 30.1 Å². The van der Waals surface area contributed by atoms with Crippen LogP contribution in [0.25, 0.3) is 0 Å². The number of hydrogen-bond acceptors (Lipinski definition) is 2. The fraction of sp³-hybridized carbons (Fsp3) is 0.286. The first-order valence-electron chi connectivity index (χ1n) is 2.80. The summed E-state index contributed by atoms with van der Waals surface area (Å²) in [4.78, 5) is 3.76. The van der Waals surface area contributed by atoms with Crippen molar-refractivity contribution in [2.45, 2.75) is 13.0 Å². The maximum absolute atomic E-state index is 8.96. The van der Waals surface area contributed by atoms with Crippen LogP contribution in [0.2, 0.25) is 0 Å². The lowest BCUT2D eigenvalue weighted by atomic mass is 10.2. The highest BCUT2D eigenvalue weighted by Crippen LogP contribution is 2.07. The second kappa shape index (κ2) is 2.60. The molecule has 1 heterocycles. The first-order valence-corrected chi connectivity index (χ1v) is 2.80. The lowest BCUT2D eigenvalue weighted by molar-refractivity contribution is 0.199. The van der Waals surface area contributed by atoms with Crippen LogP contribution in [-0.2, 0) is 0 Å². The van der Waals surface area contributed by atoms with E-state index in [1.165, 1.54) is 0 Å². The lowest BCUT2D eigenvalue weighted by Gasteiger charge is -1.99. The van der Waals surface area contributed by atoms with E-state index in [2.05, 4.69) is 11.1 Å². The average Bonchev–Trinajstić information content (AvgIpc) is 1.90. The van der Waals surface area contributed by atoms with Crippen molar-refractivity contribution in [1.29, 1.82) is 0 Å². The normalized spacial score (nSPS) is 13.1. The molecule has 0 bridgehead atoms. The van der Waals surface area contributed by atoms with E-state index in [4.69, 9.17) is 5.11 Å². The van der Waals surface area contributed by atoms with Gasteiger partial charge in [0.05, 0.1) is 6.10 Å². The number of aromatic nitrogens is 1.